The van der Waals surface area contributed by atoms with Crippen molar-refractivity contribution in [2.75, 3.05) is 54.0 Å². The molecule has 0 aliphatic carbocycles. The van der Waals surface area contributed by atoms with Gasteiger partial charge in [0.1, 0.15) is 0 Å². The first-order valence-corrected chi connectivity index (χ1v) is 14.3. The van der Waals surface area contributed by atoms with Crippen LogP contribution in [0.25, 0.3) is 0 Å². The van der Waals surface area contributed by atoms with E-state index < -0.39 is 0 Å². The Morgan fingerprint density at radius 2 is 0.889 bits per heavy atom. The molecule has 0 bridgehead atoms. The predicted octanol–water partition coefficient (Wildman–Crippen LogP) is 7.69. The zero-order valence-corrected chi connectivity index (χ0v) is 22.3. The number of rotatable bonds is 8. The molecule has 36 heavy (non-hydrogen) atoms. The van der Waals surface area contributed by atoms with E-state index in [0.717, 1.165) is 13.1 Å². The third-order valence-corrected chi connectivity index (χ3v) is 8.25. The molecule has 2 saturated heterocycles. The molecule has 190 valence electrons. The summed E-state index contributed by atoms with van der Waals surface area (Å²) < 4.78 is 0. The van der Waals surface area contributed by atoms with Gasteiger partial charge in [-0.2, -0.15) is 0 Å². The van der Waals surface area contributed by atoms with Gasteiger partial charge in [-0.05, 0) is 105 Å². The van der Waals surface area contributed by atoms with Gasteiger partial charge in [-0.25, -0.2) is 0 Å². The summed E-state index contributed by atoms with van der Waals surface area (Å²) >= 11 is 0. The second-order valence-electron chi connectivity index (χ2n) is 10.5. The second-order valence-corrected chi connectivity index (χ2v) is 10.5. The summed E-state index contributed by atoms with van der Waals surface area (Å²) in [6, 6.07) is 28.2. The van der Waals surface area contributed by atoms with E-state index in [1.54, 1.807) is 0 Å². The van der Waals surface area contributed by atoms with Crippen molar-refractivity contribution in [3.8, 4) is 0 Å². The first kappa shape index (κ1) is 24.7. The van der Waals surface area contributed by atoms with Crippen LogP contribution in [-0.2, 0) is 0 Å². The quantitative estimate of drug-likeness (QED) is 0.305. The highest BCUT2D eigenvalue weighted by Crippen LogP contribution is 2.35. The van der Waals surface area contributed by atoms with Crippen LogP contribution in [0.2, 0.25) is 0 Å². The van der Waals surface area contributed by atoms with Gasteiger partial charge >= 0.3 is 0 Å². The molecule has 5 rings (SSSR count). The van der Waals surface area contributed by atoms with Crippen molar-refractivity contribution >= 4 is 17.1 Å². The smallest absolute Gasteiger partial charge is 0.0366 e. The molecule has 0 aromatic heterocycles. The van der Waals surface area contributed by atoms with Crippen LogP contribution in [0.15, 0.2) is 72.8 Å². The number of anilines is 3. The number of benzene rings is 3. The third kappa shape index (κ3) is 5.56. The van der Waals surface area contributed by atoms with Gasteiger partial charge in [0.25, 0.3) is 0 Å². The van der Waals surface area contributed by atoms with Gasteiger partial charge in [-0.1, -0.05) is 36.4 Å². The van der Waals surface area contributed by atoms with Crippen LogP contribution in [0.5, 0.6) is 0 Å². The van der Waals surface area contributed by atoms with Crippen molar-refractivity contribution in [2.24, 2.45) is 0 Å². The molecule has 2 aliphatic heterocycles. The molecule has 3 aromatic carbocycles. The highest BCUT2D eigenvalue weighted by Gasteiger charge is 2.19. The van der Waals surface area contributed by atoms with Crippen LogP contribution in [-0.4, -0.2) is 39.3 Å². The lowest BCUT2D eigenvalue weighted by Gasteiger charge is -2.30. The molecule has 3 aromatic rings. The maximum absolute atomic E-state index is 2.55. The van der Waals surface area contributed by atoms with Crippen LogP contribution in [0.3, 0.4) is 0 Å². The zero-order valence-electron chi connectivity index (χ0n) is 22.3. The van der Waals surface area contributed by atoms with E-state index in [2.05, 4.69) is 101 Å². The zero-order chi connectivity index (χ0) is 24.7. The summed E-state index contributed by atoms with van der Waals surface area (Å²) in [6.45, 7) is 11.3. The summed E-state index contributed by atoms with van der Waals surface area (Å²) in [4.78, 5) is 7.52. The lowest BCUT2D eigenvalue weighted by atomic mass is 9.84. The van der Waals surface area contributed by atoms with Crippen molar-refractivity contribution in [1.82, 2.24) is 0 Å². The van der Waals surface area contributed by atoms with Gasteiger partial charge in [-0.3, -0.25) is 0 Å². The van der Waals surface area contributed by atoms with Crippen molar-refractivity contribution in [3.63, 3.8) is 0 Å². The van der Waals surface area contributed by atoms with Gasteiger partial charge in [0.2, 0.25) is 0 Å². The van der Waals surface area contributed by atoms with Crippen molar-refractivity contribution in [2.45, 2.75) is 58.3 Å². The van der Waals surface area contributed by atoms with Crippen molar-refractivity contribution in [3.05, 3.63) is 89.5 Å². The Morgan fingerprint density at radius 1 is 0.528 bits per heavy atom. The van der Waals surface area contributed by atoms with Crippen LogP contribution < -0.4 is 14.7 Å². The van der Waals surface area contributed by atoms with E-state index >= 15 is 0 Å². The minimum atomic E-state index is 0.238. The monoisotopic (exact) mass is 481 g/mol. The Balaban J connectivity index is 1.45. The van der Waals surface area contributed by atoms with E-state index in [-0.39, 0.29) is 5.92 Å². The molecular formula is C33H43N3. The molecule has 0 N–H and O–H groups in total. The number of piperidine rings is 2. The Kier molecular flexibility index (Phi) is 8.15. The highest BCUT2D eigenvalue weighted by molar-refractivity contribution is 5.56. The van der Waals surface area contributed by atoms with Crippen molar-refractivity contribution < 1.29 is 0 Å². The van der Waals surface area contributed by atoms with Crippen molar-refractivity contribution in [1.29, 1.82) is 0 Å². The molecule has 2 fully saturated rings. The normalized spacial score (nSPS) is 16.4. The third-order valence-electron chi connectivity index (χ3n) is 8.25. The van der Waals surface area contributed by atoms with Gasteiger partial charge in [0.15, 0.2) is 0 Å². The average Bonchev–Trinajstić information content (AvgIpc) is 2.96. The lowest BCUT2D eigenvalue weighted by Crippen LogP contribution is -2.29. The summed E-state index contributed by atoms with van der Waals surface area (Å²) in [7, 11) is 0. The van der Waals surface area contributed by atoms with Gasteiger partial charge < -0.3 is 14.7 Å². The maximum Gasteiger partial charge on any atom is 0.0366 e. The average molecular weight is 482 g/mol. The van der Waals surface area contributed by atoms with Gasteiger partial charge in [0.05, 0.1) is 0 Å². The second kappa shape index (κ2) is 11.9. The fourth-order valence-corrected chi connectivity index (χ4v) is 6.10. The Bertz CT molecular complexity index is 994. The highest BCUT2D eigenvalue weighted by atomic mass is 15.1. The molecule has 0 amide bonds. The topological polar surface area (TPSA) is 9.72 Å². The Morgan fingerprint density at radius 3 is 1.25 bits per heavy atom. The van der Waals surface area contributed by atoms with E-state index in [1.165, 1.54) is 98.5 Å². The molecule has 0 unspecified atom stereocenters. The SMILES string of the molecule is CCN(CC)c1ccc(C(c2ccc(N3CCCCC3)cc2)c2ccc(N3CCCCC3)cc2)cc1. The standard InChI is InChI=1S/C33H43N3/c1-3-34(4-2)30-17-11-27(12-18-30)33(28-13-19-31(20-14-28)35-23-7-5-8-24-35)29-15-21-32(22-16-29)36-25-9-6-10-26-36/h11-22,33H,3-10,23-26H2,1-2H3. The van der Waals surface area contributed by atoms with Crippen LogP contribution >= 0.6 is 0 Å². The molecular weight excluding hydrogens is 438 g/mol. The summed E-state index contributed by atoms with van der Waals surface area (Å²) in [6.07, 6.45) is 7.99. The molecule has 0 atom stereocenters. The lowest BCUT2D eigenvalue weighted by molar-refractivity contribution is 0.577. The van der Waals surface area contributed by atoms with E-state index in [0.29, 0.717) is 0 Å². The fourth-order valence-electron chi connectivity index (χ4n) is 6.10. The largest absolute Gasteiger partial charge is 0.372 e. The Labute approximate surface area is 218 Å². The Hall–Kier alpha value is -2.94. The maximum atomic E-state index is 2.55. The molecule has 3 nitrogen and oxygen atoms in total. The van der Waals surface area contributed by atoms with E-state index in [9.17, 15) is 0 Å². The van der Waals surface area contributed by atoms with Gasteiger partial charge in [-0.15, -0.1) is 0 Å². The van der Waals surface area contributed by atoms with E-state index in [1.807, 2.05) is 0 Å². The van der Waals surface area contributed by atoms with E-state index in [4.69, 9.17) is 0 Å². The minimum Gasteiger partial charge on any atom is -0.372 e. The molecule has 0 spiro atoms. The fraction of sp³-hybridized carbons (Fsp3) is 0.455. The molecule has 2 heterocycles. The van der Waals surface area contributed by atoms with Crippen LogP contribution in [0, 0.1) is 0 Å². The first-order valence-electron chi connectivity index (χ1n) is 14.3. The summed E-state index contributed by atoms with van der Waals surface area (Å²) in [5.74, 6) is 0.238. The number of nitrogens with zero attached hydrogens (tertiary/aromatic N) is 3. The number of hydrogen-bond donors (Lipinski definition) is 0. The van der Waals surface area contributed by atoms with Crippen LogP contribution in [0.1, 0.15) is 75.0 Å². The van der Waals surface area contributed by atoms with Crippen LogP contribution in [0.4, 0.5) is 17.1 Å². The van der Waals surface area contributed by atoms with Gasteiger partial charge in [0, 0.05) is 62.2 Å². The molecule has 0 radical (unpaired) electrons. The summed E-state index contributed by atoms with van der Waals surface area (Å²) in [5, 5.41) is 0. The molecule has 2 aliphatic rings. The molecule has 0 saturated carbocycles. The first-order chi connectivity index (χ1) is 17.8. The molecule has 3 heteroatoms. The predicted molar refractivity (Wildman–Crippen MR) is 156 cm³/mol. The summed E-state index contributed by atoms with van der Waals surface area (Å²) in [5.41, 5.74) is 8.16. The minimum absolute atomic E-state index is 0.238. The number of hydrogen-bond acceptors (Lipinski definition) is 3.